The summed E-state index contributed by atoms with van der Waals surface area (Å²) in [5, 5.41) is 10.3. The second kappa shape index (κ2) is 11.9. The van der Waals surface area contributed by atoms with Crippen molar-refractivity contribution in [3.63, 3.8) is 0 Å². The summed E-state index contributed by atoms with van der Waals surface area (Å²) >= 11 is 0. The lowest BCUT2D eigenvalue weighted by Gasteiger charge is -2.14. The number of ether oxygens (including phenoxy) is 1. The monoisotopic (exact) mass is 553 g/mol. The molecule has 1 fully saturated rings. The van der Waals surface area contributed by atoms with Crippen molar-refractivity contribution in [3.8, 4) is 22.5 Å². The van der Waals surface area contributed by atoms with Gasteiger partial charge in [-0.05, 0) is 69.6 Å². The van der Waals surface area contributed by atoms with Gasteiger partial charge < -0.3 is 24.8 Å². The number of carbonyl (C=O) groups excluding carboxylic acids is 2. The van der Waals surface area contributed by atoms with Crippen LogP contribution in [0.4, 0.5) is 11.5 Å². The molecule has 0 radical (unpaired) electrons. The number of nitrogens with zero attached hydrogens (tertiary/aromatic N) is 3. The van der Waals surface area contributed by atoms with Gasteiger partial charge in [-0.25, -0.2) is 4.98 Å². The molecule has 2 aromatic heterocycles. The van der Waals surface area contributed by atoms with Gasteiger partial charge >= 0.3 is 5.97 Å². The van der Waals surface area contributed by atoms with Crippen molar-refractivity contribution in [1.29, 1.82) is 0 Å². The molecular formula is C32H35N5O4. The molecule has 1 saturated carbocycles. The number of anilines is 2. The number of carbonyl (C=O) groups is 2. The van der Waals surface area contributed by atoms with Gasteiger partial charge in [-0.2, -0.15) is 0 Å². The van der Waals surface area contributed by atoms with Crippen molar-refractivity contribution in [2.24, 2.45) is 0 Å². The summed E-state index contributed by atoms with van der Waals surface area (Å²) in [6, 6.07) is 21.4. The number of likely N-dealkylation sites (N-methyl/N-ethyl adjacent to an activating group) is 1. The summed E-state index contributed by atoms with van der Waals surface area (Å²) < 4.78 is 11.0. The van der Waals surface area contributed by atoms with Crippen LogP contribution in [-0.4, -0.2) is 60.7 Å². The molecule has 2 heterocycles. The van der Waals surface area contributed by atoms with Crippen molar-refractivity contribution in [1.82, 2.24) is 20.4 Å². The van der Waals surface area contributed by atoms with Gasteiger partial charge in [0.05, 0.1) is 12.0 Å². The molecule has 9 nitrogen and oxygen atoms in total. The Bertz CT molecular complexity index is 1520. The molecule has 1 amide bonds. The van der Waals surface area contributed by atoms with Gasteiger partial charge in [0, 0.05) is 18.7 Å². The highest BCUT2D eigenvalue weighted by Crippen LogP contribution is 2.49. The third kappa shape index (κ3) is 6.15. The molecule has 0 bridgehead atoms. The molecule has 41 heavy (non-hydrogen) atoms. The maximum Gasteiger partial charge on any atom is 0.316 e. The first kappa shape index (κ1) is 28.0. The zero-order valence-electron chi connectivity index (χ0n) is 23.9. The zero-order chi connectivity index (χ0) is 29.0. The Kier molecular flexibility index (Phi) is 8.16. The Balaban J connectivity index is 1.30. The molecule has 0 unspecified atom stereocenters. The standard InChI is InChI=1S/C32H35N5O4/c1-5-40-31(39)32(17-18-32)25-15-13-23(14-16-25)22-9-11-24(12-10-22)29-28(21(2)36-41-29)35-27-8-6-7-26(34-27)30(38)33-19-20-37(3)4/h6-16H,5,17-20H2,1-4H3,(H,33,38)(H,34,35). The van der Waals surface area contributed by atoms with Crippen molar-refractivity contribution in [2.75, 3.05) is 39.1 Å². The fourth-order valence-corrected chi connectivity index (χ4v) is 4.76. The Morgan fingerprint density at radius 3 is 2.27 bits per heavy atom. The predicted molar refractivity (Wildman–Crippen MR) is 158 cm³/mol. The average Bonchev–Trinajstić information content (AvgIpc) is 3.72. The maximum atomic E-state index is 12.5. The lowest BCUT2D eigenvalue weighted by molar-refractivity contribution is -0.146. The van der Waals surface area contributed by atoms with E-state index in [9.17, 15) is 9.59 Å². The van der Waals surface area contributed by atoms with E-state index >= 15 is 0 Å². The number of aryl methyl sites for hydroxylation is 1. The van der Waals surface area contributed by atoms with E-state index in [0.717, 1.165) is 41.6 Å². The summed E-state index contributed by atoms with van der Waals surface area (Å²) in [6.45, 7) is 5.36. The van der Waals surface area contributed by atoms with Crippen LogP contribution in [-0.2, 0) is 14.9 Å². The number of benzene rings is 2. The minimum Gasteiger partial charge on any atom is -0.465 e. The van der Waals surface area contributed by atoms with Crippen LogP contribution >= 0.6 is 0 Å². The minimum atomic E-state index is -0.476. The van der Waals surface area contributed by atoms with E-state index in [2.05, 4.69) is 20.8 Å². The number of esters is 1. The summed E-state index contributed by atoms with van der Waals surface area (Å²) in [5.74, 6) is 0.742. The first-order chi connectivity index (χ1) is 19.8. The van der Waals surface area contributed by atoms with Crippen molar-refractivity contribution >= 4 is 23.4 Å². The van der Waals surface area contributed by atoms with Crippen LogP contribution < -0.4 is 10.6 Å². The van der Waals surface area contributed by atoms with Gasteiger partial charge in [0.15, 0.2) is 5.76 Å². The fourth-order valence-electron chi connectivity index (χ4n) is 4.76. The van der Waals surface area contributed by atoms with Gasteiger partial charge in [0.25, 0.3) is 5.91 Å². The van der Waals surface area contributed by atoms with Gasteiger partial charge in [0.1, 0.15) is 22.9 Å². The summed E-state index contributed by atoms with van der Waals surface area (Å²) in [5.41, 5.74) is 5.17. The Morgan fingerprint density at radius 2 is 1.63 bits per heavy atom. The molecule has 5 rings (SSSR count). The van der Waals surface area contributed by atoms with Crippen LogP contribution in [0.25, 0.3) is 22.5 Å². The molecular weight excluding hydrogens is 518 g/mol. The Morgan fingerprint density at radius 1 is 0.976 bits per heavy atom. The van der Waals surface area contributed by atoms with E-state index in [1.807, 2.05) is 81.4 Å². The molecule has 0 spiro atoms. The molecule has 212 valence electrons. The van der Waals surface area contributed by atoms with Gasteiger partial charge in [0.2, 0.25) is 0 Å². The molecule has 0 atom stereocenters. The van der Waals surface area contributed by atoms with Crippen LogP contribution in [0.1, 0.15) is 41.5 Å². The number of nitrogens with one attached hydrogen (secondary N) is 2. The second-order valence-electron chi connectivity index (χ2n) is 10.5. The molecule has 4 aromatic rings. The van der Waals surface area contributed by atoms with Crippen molar-refractivity contribution < 1.29 is 18.8 Å². The van der Waals surface area contributed by atoms with Gasteiger partial charge in [-0.3, -0.25) is 9.59 Å². The highest BCUT2D eigenvalue weighted by molar-refractivity contribution is 5.93. The molecule has 1 aliphatic carbocycles. The first-order valence-corrected chi connectivity index (χ1v) is 13.8. The highest BCUT2D eigenvalue weighted by Gasteiger charge is 2.52. The van der Waals surface area contributed by atoms with Crippen LogP contribution in [0.2, 0.25) is 0 Å². The van der Waals surface area contributed by atoms with Gasteiger partial charge in [-0.15, -0.1) is 0 Å². The molecule has 9 heteroatoms. The summed E-state index contributed by atoms with van der Waals surface area (Å²) in [4.78, 5) is 31.5. The van der Waals surface area contributed by atoms with Crippen molar-refractivity contribution in [3.05, 3.63) is 83.7 Å². The molecule has 0 aliphatic heterocycles. The molecule has 2 aromatic carbocycles. The number of aromatic nitrogens is 2. The van der Waals surface area contributed by atoms with Crippen LogP contribution in [0.3, 0.4) is 0 Å². The predicted octanol–water partition coefficient (Wildman–Crippen LogP) is 5.34. The lowest BCUT2D eigenvalue weighted by atomic mass is 9.93. The number of pyridine rings is 1. The number of hydrogen-bond donors (Lipinski definition) is 2. The van der Waals surface area contributed by atoms with E-state index < -0.39 is 5.41 Å². The zero-order valence-corrected chi connectivity index (χ0v) is 23.9. The quantitative estimate of drug-likeness (QED) is 0.240. The van der Waals surface area contributed by atoms with Crippen LogP contribution in [0.5, 0.6) is 0 Å². The molecule has 0 saturated heterocycles. The maximum absolute atomic E-state index is 12.5. The lowest BCUT2D eigenvalue weighted by Crippen LogP contribution is -2.31. The number of hydrogen-bond acceptors (Lipinski definition) is 8. The van der Waals surface area contributed by atoms with Crippen molar-refractivity contribution in [2.45, 2.75) is 32.1 Å². The van der Waals surface area contributed by atoms with E-state index in [0.29, 0.717) is 41.8 Å². The topological polar surface area (TPSA) is 110 Å². The van der Waals surface area contributed by atoms with E-state index in [1.54, 1.807) is 18.2 Å². The largest absolute Gasteiger partial charge is 0.465 e. The Labute approximate surface area is 239 Å². The average molecular weight is 554 g/mol. The third-order valence-electron chi connectivity index (χ3n) is 7.28. The summed E-state index contributed by atoms with van der Waals surface area (Å²) in [7, 11) is 3.91. The number of amides is 1. The van der Waals surface area contributed by atoms with Crippen LogP contribution in [0, 0.1) is 6.92 Å². The summed E-state index contributed by atoms with van der Waals surface area (Å²) in [6.07, 6.45) is 1.66. The first-order valence-electron chi connectivity index (χ1n) is 13.8. The van der Waals surface area contributed by atoms with E-state index in [1.165, 1.54) is 0 Å². The third-order valence-corrected chi connectivity index (χ3v) is 7.28. The van der Waals surface area contributed by atoms with E-state index in [4.69, 9.17) is 9.26 Å². The molecule has 1 aliphatic rings. The fraction of sp³-hybridized carbons (Fsp3) is 0.312. The Hall–Kier alpha value is -4.50. The minimum absolute atomic E-state index is 0.130. The van der Waals surface area contributed by atoms with E-state index in [-0.39, 0.29) is 11.9 Å². The molecule has 2 N–H and O–H groups in total. The SMILES string of the molecule is CCOC(=O)C1(c2ccc(-c3ccc(-c4onc(C)c4Nc4cccc(C(=O)NCCN(C)C)n4)cc3)cc2)CC1. The van der Waals surface area contributed by atoms with Gasteiger partial charge in [-0.1, -0.05) is 59.8 Å². The smallest absolute Gasteiger partial charge is 0.316 e. The van der Waals surface area contributed by atoms with Crippen LogP contribution in [0.15, 0.2) is 71.3 Å². The number of rotatable bonds is 11. The highest BCUT2D eigenvalue weighted by atomic mass is 16.5. The second-order valence-corrected chi connectivity index (χ2v) is 10.5. The normalized spacial score (nSPS) is 13.6.